The summed E-state index contributed by atoms with van der Waals surface area (Å²) in [5.74, 6) is 0. The zero-order valence-electron chi connectivity index (χ0n) is 13.3. The molecule has 0 aromatic heterocycles. The van der Waals surface area contributed by atoms with Gasteiger partial charge in [0.25, 0.3) is 0 Å². The zero-order chi connectivity index (χ0) is 16.3. The van der Waals surface area contributed by atoms with Crippen LogP contribution < -0.4 is 0 Å². The van der Waals surface area contributed by atoms with E-state index in [1.807, 2.05) is 12.1 Å². The van der Waals surface area contributed by atoms with Crippen LogP contribution in [-0.4, -0.2) is 31.2 Å². The first-order valence-corrected chi connectivity index (χ1v) is 7.40. The van der Waals surface area contributed by atoms with Crippen molar-refractivity contribution in [2.45, 2.75) is 39.2 Å². The average molecular weight is 296 g/mol. The van der Waals surface area contributed by atoms with Gasteiger partial charge >= 0.3 is 0 Å². The highest BCUT2D eigenvalue weighted by molar-refractivity contribution is 5.57. The smallest absolute Gasteiger partial charge is 0.134 e. The Morgan fingerprint density at radius 1 is 1.23 bits per heavy atom. The van der Waals surface area contributed by atoms with E-state index in [1.54, 1.807) is 7.11 Å². The summed E-state index contributed by atoms with van der Waals surface area (Å²) in [6.45, 7) is 5.82. The molecule has 1 unspecified atom stereocenters. The summed E-state index contributed by atoms with van der Waals surface area (Å²) in [5, 5.41) is 28.0. The second-order valence-corrected chi connectivity index (χ2v) is 6.62. The van der Waals surface area contributed by atoms with Gasteiger partial charge in [-0.15, -0.1) is 0 Å². The van der Waals surface area contributed by atoms with Gasteiger partial charge in [-0.05, 0) is 24.7 Å². The fourth-order valence-corrected chi connectivity index (χ4v) is 3.29. The highest BCUT2D eigenvalue weighted by Gasteiger charge is 2.36. The van der Waals surface area contributed by atoms with Gasteiger partial charge in [0.05, 0.1) is 11.7 Å². The summed E-state index contributed by atoms with van der Waals surface area (Å²) < 4.78 is 5.41. The van der Waals surface area contributed by atoms with Crippen molar-refractivity contribution in [3.63, 3.8) is 0 Å². The van der Waals surface area contributed by atoms with E-state index in [2.05, 4.69) is 24.8 Å². The Hall–Kier alpha value is -2.29. The van der Waals surface area contributed by atoms with Crippen LogP contribution in [0.1, 0.15) is 33.1 Å². The van der Waals surface area contributed by atoms with Crippen LogP contribution in [0.2, 0.25) is 0 Å². The van der Waals surface area contributed by atoms with E-state index >= 15 is 0 Å². The Balaban J connectivity index is 2.53. The summed E-state index contributed by atoms with van der Waals surface area (Å²) in [7, 11) is 1.70. The monoisotopic (exact) mass is 296 g/mol. The lowest BCUT2D eigenvalue weighted by molar-refractivity contribution is 0.110. The van der Waals surface area contributed by atoms with Crippen LogP contribution in [0.15, 0.2) is 22.4 Å². The maximum Gasteiger partial charge on any atom is 0.134 e. The predicted octanol–water partition coefficient (Wildman–Crippen LogP) is 2.65. The molecule has 0 bridgehead atoms. The third-order valence-corrected chi connectivity index (χ3v) is 4.39. The molecule has 1 fully saturated rings. The van der Waals surface area contributed by atoms with Gasteiger partial charge in [-0.1, -0.05) is 13.8 Å². The summed E-state index contributed by atoms with van der Waals surface area (Å²) in [6, 6.07) is 6.13. The molecule has 1 atom stereocenters. The van der Waals surface area contributed by atoms with Gasteiger partial charge < -0.3 is 9.64 Å². The van der Waals surface area contributed by atoms with E-state index in [0.717, 1.165) is 31.6 Å². The quantitative estimate of drug-likeness (QED) is 0.731. The topological polar surface area (TPSA) is 83.8 Å². The Bertz CT molecular complexity index is 636. The summed E-state index contributed by atoms with van der Waals surface area (Å²) in [5.41, 5.74) is 2.05. The highest BCUT2D eigenvalue weighted by Crippen LogP contribution is 2.44. The second kappa shape index (κ2) is 6.22. The minimum absolute atomic E-state index is 0.0595. The summed E-state index contributed by atoms with van der Waals surface area (Å²) in [4.78, 5) is 2.18. The first-order chi connectivity index (χ1) is 10.5. The number of hydrogen-bond acceptors (Lipinski definition) is 5. The SMILES string of the molecule is COC1CCN(C2=C(C#N)C(=C(C#N)C#N)CC(C)(C)C2)C1. The number of rotatable bonds is 2. The molecule has 1 heterocycles. The lowest BCUT2D eigenvalue weighted by Gasteiger charge is -2.37. The fraction of sp³-hybridized carbons (Fsp3) is 0.588. The Morgan fingerprint density at radius 3 is 2.41 bits per heavy atom. The van der Waals surface area contributed by atoms with Crippen LogP contribution in [0, 0.1) is 39.4 Å². The molecule has 1 saturated heterocycles. The predicted molar refractivity (Wildman–Crippen MR) is 80.9 cm³/mol. The Labute approximate surface area is 131 Å². The van der Waals surface area contributed by atoms with E-state index in [-0.39, 0.29) is 17.1 Å². The molecule has 22 heavy (non-hydrogen) atoms. The van der Waals surface area contributed by atoms with Crippen molar-refractivity contribution in [2.24, 2.45) is 5.41 Å². The minimum Gasteiger partial charge on any atom is -0.380 e. The fourth-order valence-electron chi connectivity index (χ4n) is 3.29. The lowest BCUT2D eigenvalue weighted by Crippen LogP contribution is -2.31. The van der Waals surface area contributed by atoms with Gasteiger partial charge in [0.15, 0.2) is 0 Å². The zero-order valence-corrected chi connectivity index (χ0v) is 13.3. The van der Waals surface area contributed by atoms with Crippen molar-refractivity contribution >= 4 is 0 Å². The molecular formula is C17H20N4O. The van der Waals surface area contributed by atoms with E-state index in [9.17, 15) is 15.8 Å². The van der Waals surface area contributed by atoms with Gasteiger partial charge in [-0.3, -0.25) is 0 Å². The number of hydrogen-bond donors (Lipinski definition) is 0. The number of nitrogens with zero attached hydrogens (tertiary/aromatic N) is 4. The molecule has 114 valence electrons. The van der Waals surface area contributed by atoms with Crippen molar-refractivity contribution in [1.82, 2.24) is 4.90 Å². The number of methoxy groups -OCH3 is 1. The van der Waals surface area contributed by atoms with E-state index in [4.69, 9.17) is 4.74 Å². The van der Waals surface area contributed by atoms with Crippen LogP contribution >= 0.6 is 0 Å². The van der Waals surface area contributed by atoms with Crippen molar-refractivity contribution in [3.8, 4) is 18.2 Å². The molecule has 0 aromatic rings. The van der Waals surface area contributed by atoms with Crippen molar-refractivity contribution < 1.29 is 4.74 Å². The lowest BCUT2D eigenvalue weighted by atomic mass is 9.72. The molecule has 5 nitrogen and oxygen atoms in total. The molecule has 1 aliphatic heterocycles. The maximum atomic E-state index is 9.61. The average Bonchev–Trinajstić information content (AvgIpc) is 2.96. The molecule has 2 aliphatic rings. The molecule has 2 rings (SSSR count). The number of nitriles is 3. The molecule has 0 N–H and O–H groups in total. The van der Waals surface area contributed by atoms with Gasteiger partial charge in [0, 0.05) is 31.5 Å². The highest BCUT2D eigenvalue weighted by atomic mass is 16.5. The van der Waals surface area contributed by atoms with Crippen LogP contribution in [0.25, 0.3) is 0 Å². The van der Waals surface area contributed by atoms with Crippen molar-refractivity contribution in [3.05, 3.63) is 22.4 Å². The number of ether oxygens (including phenoxy) is 1. The Kier molecular flexibility index (Phi) is 4.55. The molecule has 0 radical (unpaired) electrons. The molecule has 0 saturated carbocycles. The van der Waals surface area contributed by atoms with Gasteiger partial charge in [0.2, 0.25) is 0 Å². The van der Waals surface area contributed by atoms with Gasteiger partial charge in [0.1, 0.15) is 23.8 Å². The molecule has 5 heteroatoms. The van der Waals surface area contributed by atoms with Crippen LogP contribution in [0.4, 0.5) is 0 Å². The molecule has 0 spiro atoms. The van der Waals surface area contributed by atoms with Gasteiger partial charge in [-0.25, -0.2) is 0 Å². The van der Waals surface area contributed by atoms with E-state index < -0.39 is 0 Å². The summed E-state index contributed by atoms with van der Waals surface area (Å²) in [6.07, 6.45) is 2.47. The second-order valence-electron chi connectivity index (χ2n) is 6.62. The van der Waals surface area contributed by atoms with Crippen LogP contribution in [0.5, 0.6) is 0 Å². The van der Waals surface area contributed by atoms with Gasteiger partial charge in [-0.2, -0.15) is 15.8 Å². The van der Waals surface area contributed by atoms with Crippen LogP contribution in [0.3, 0.4) is 0 Å². The number of likely N-dealkylation sites (tertiary alicyclic amines) is 1. The van der Waals surface area contributed by atoms with Crippen molar-refractivity contribution in [2.75, 3.05) is 20.2 Å². The first kappa shape index (κ1) is 16.1. The third-order valence-electron chi connectivity index (χ3n) is 4.39. The molecule has 0 aromatic carbocycles. The van der Waals surface area contributed by atoms with E-state index in [1.165, 1.54) is 0 Å². The standard InChI is InChI=1S/C17H20N4O/c1-17(2)6-14(12(8-18)9-19)15(10-20)16(7-17)21-5-4-13(11-21)22-3/h13H,4-7,11H2,1-3H3. The number of allylic oxidation sites excluding steroid dienone is 4. The minimum atomic E-state index is -0.0743. The third kappa shape index (κ3) is 2.98. The maximum absolute atomic E-state index is 9.61. The van der Waals surface area contributed by atoms with Crippen molar-refractivity contribution in [1.29, 1.82) is 15.8 Å². The molecule has 1 aliphatic carbocycles. The normalized spacial score (nSPS) is 23.7. The largest absolute Gasteiger partial charge is 0.380 e. The Morgan fingerprint density at radius 2 is 1.91 bits per heavy atom. The van der Waals surface area contributed by atoms with E-state index in [0.29, 0.717) is 17.6 Å². The molecular weight excluding hydrogens is 276 g/mol. The summed E-state index contributed by atoms with van der Waals surface area (Å²) >= 11 is 0. The van der Waals surface area contributed by atoms with Crippen LogP contribution in [-0.2, 0) is 4.74 Å². The first-order valence-electron chi connectivity index (χ1n) is 7.40. The molecule has 0 amide bonds.